The molecule has 0 atom stereocenters. The zero-order valence-electron chi connectivity index (χ0n) is 8.74. The van der Waals surface area contributed by atoms with Crippen LogP contribution in [0, 0.1) is 0 Å². The molecular formula is C10H18N2O2. The molecule has 0 N–H and O–H groups in total. The summed E-state index contributed by atoms with van der Waals surface area (Å²) in [6, 6.07) is 0. The Kier molecular flexibility index (Phi) is 4.59. The lowest BCUT2D eigenvalue weighted by atomic mass is 10.3. The summed E-state index contributed by atoms with van der Waals surface area (Å²) in [5.41, 5.74) is 0. The summed E-state index contributed by atoms with van der Waals surface area (Å²) in [4.78, 5) is 25.5. The summed E-state index contributed by atoms with van der Waals surface area (Å²) < 4.78 is 0. The van der Waals surface area contributed by atoms with Crippen molar-refractivity contribution < 1.29 is 9.59 Å². The molecule has 1 aliphatic heterocycles. The third-order valence-corrected chi connectivity index (χ3v) is 2.60. The Labute approximate surface area is 84.9 Å². The Bertz CT molecular complexity index is 206. The molecule has 0 saturated carbocycles. The number of hydrogen-bond acceptors (Lipinski definition) is 3. The van der Waals surface area contributed by atoms with Crippen molar-refractivity contribution in [3.05, 3.63) is 0 Å². The number of carbonyl (C=O) groups is 2. The Morgan fingerprint density at radius 2 is 2.07 bits per heavy atom. The van der Waals surface area contributed by atoms with E-state index in [1.807, 2.05) is 4.90 Å². The summed E-state index contributed by atoms with van der Waals surface area (Å²) in [5, 5.41) is 0. The third kappa shape index (κ3) is 3.46. The molecule has 1 saturated heterocycles. The summed E-state index contributed by atoms with van der Waals surface area (Å²) >= 11 is 0. The van der Waals surface area contributed by atoms with E-state index in [2.05, 4.69) is 4.90 Å². The summed E-state index contributed by atoms with van der Waals surface area (Å²) in [5.74, 6) is 0.155. The molecule has 4 nitrogen and oxygen atoms in total. The molecule has 0 bridgehead atoms. The van der Waals surface area contributed by atoms with Gasteiger partial charge < -0.3 is 14.6 Å². The fourth-order valence-corrected chi connectivity index (χ4v) is 1.74. The van der Waals surface area contributed by atoms with Crippen molar-refractivity contribution in [1.29, 1.82) is 0 Å². The highest BCUT2D eigenvalue weighted by atomic mass is 16.2. The van der Waals surface area contributed by atoms with Gasteiger partial charge in [-0.1, -0.05) is 0 Å². The van der Waals surface area contributed by atoms with Gasteiger partial charge >= 0.3 is 0 Å². The molecule has 0 spiro atoms. The maximum absolute atomic E-state index is 11.1. The average Bonchev–Trinajstić information content (AvgIpc) is 2.39. The first-order valence-corrected chi connectivity index (χ1v) is 5.15. The lowest BCUT2D eigenvalue weighted by Gasteiger charge is -2.19. The van der Waals surface area contributed by atoms with E-state index < -0.39 is 0 Å². The van der Waals surface area contributed by atoms with Gasteiger partial charge in [0.2, 0.25) is 5.91 Å². The van der Waals surface area contributed by atoms with Crippen molar-refractivity contribution in [1.82, 2.24) is 9.80 Å². The SMILES string of the molecule is CC(=O)N1CCCN(CCC=O)CC1. The lowest BCUT2D eigenvalue weighted by molar-refractivity contribution is -0.128. The van der Waals surface area contributed by atoms with Gasteiger partial charge in [0.15, 0.2) is 0 Å². The first-order chi connectivity index (χ1) is 6.74. The summed E-state index contributed by atoms with van der Waals surface area (Å²) in [7, 11) is 0. The van der Waals surface area contributed by atoms with E-state index in [1.165, 1.54) is 0 Å². The fourth-order valence-electron chi connectivity index (χ4n) is 1.74. The third-order valence-electron chi connectivity index (χ3n) is 2.60. The molecule has 1 amide bonds. The monoisotopic (exact) mass is 198 g/mol. The van der Waals surface area contributed by atoms with Gasteiger partial charge in [0.25, 0.3) is 0 Å². The van der Waals surface area contributed by atoms with Crippen molar-refractivity contribution in [3.63, 3.8) is 0 Å². The van der Waals surface area contributed by atoms with Gasteiger partial charge in [-0.05, 0) is 13.0 Å². The van der Waals surface area contributed by atoms with E-state index in [9.17, 15) is 9.59 Å². The normalized spacial score (nSPS) is 19.1. The van der Waals surface area contributed by atoms with Crippen LogP contribution >= 0.6 is 0 Å². The predicted molar refractivity (Wildman–Crippen MR) is 54.0 cm³/mol. The molecule has 14 heavy (non-hydrogen) atoms. The number of nitrogens with zero attached hydrogens (tertiary/aromatic N) is 2. The molecule has 80 valence electrons. The highest BCUT2D eigenvalue weighted by Crippen LogP contribution is 2.03. The van der Waals surface area contributed by atoms with Crippen LogP contribution in [-0.2, 0) is 9.59 Å². The van der Waals surface area contributed by atoms with Crippen LogP contribution in [0.5, 0.6) is 0 Å². The van der Waals surface area contributed by atoms with Gasteiger partial charge in [-0.15, -0.1) is 0 Å². The molecule has 0 aliphatic carbocycles. The van der Waals surface area contributed by atoms with E-state index in [-0.39, 0.29) is 5.91 Å². The van der Waals surface area contributed by atoms with Crippen molar-refractivity contribution in [2.75, 3.05) is 32.7 Å². The zero-order valence-corrected chi connectivity index (χ0v) is 8.74. The molecule has 0 aromatic carbocycles. The second kappa shape index (κ2) is 5.75. The maximum Gasteiger partial charge on any atom is 0.219 e. The first kappa shape index (κ1) is 11.2. The molecule has 1 fully saturated rings. The summed E-state index contributed by atoms with van der Waals surface area (Å²) in [6.45, 7) is 5.99. The number of rotatable bonds is 3. The standard InChI is InChI=1S/C10H18N2O2/c1-10(14)12-6-2-4-11(7-8-12)5-3-9-13/h9H,2-8H2,1H3. The lowest BCUT2D eigenvalue weighted by Crippen LogP contribution is -2.34. The minimum atomic E-state index is 0.155. The molecule has 0 aromatic heterocycles. The molecule has 0 unspecified atom stereocenters. The fraction of sp³-hybridized carbons (Fsp3) is 0.800. The molecule has 0 radical (unpaired) electrons. The minimum absolute atomic E-state index is 0.155. The average molecular weight is 198 g/mol. The van der Waals surface area contributed by atoms with E-state index in [4.69, 9.17) is 0 Å². The molecule has 4 heteroatoms. The van der Waals surface area contributed by atoms with Crippen LogP contribution in [0.2, 0.25) is 0 Å². The molecule has 1 rings (SSSR count). The van der Waals surface area contributed by atoms with Crippen molar-refractivity contribution >= 4 is 12.2 Å². The van der Waals surface area contributed by atoms with Crippen molar-refractivity contribution in [2.45, 2.75) is 19.8 Å². The molecular weight excluding hydrogens is 180 g/mol. The van der Waals surface area contributed by atoms with E-state index in [0.29, 0.717) is 6.42 Å². The van der Waals surface area contributed by atoms with Gasteiger partial charge in [-0.25, -0.2) is 0 Å². The van der Waals surface area contributed by atoms with Crippen LogP contribution in [0.1, 0.15) is 19.8 Å². The quantitative estimate of drug-likeness (QED) is 0.605. The summed E-state index contributed by atoms with van der Waals surface area (Å²) in [6.07, 6.45) is 2.56. The van der Waals surface area contributed by atoms with Gasteiger partial charge in [0.1, 0.15) is 6.29 Å². The maximum atomic E-state index is 11.1. The Morgan fingerprint density at radius 1 is 1.29 bits per heavy atom. The largest absolute Gasteiger partial charge is 0.342 e. The number of carbonyl (C=O) groups excluding carboxylic acids is 2. The first-order valence-electron chi connectivity index (χ1n) is 5.15. The van der Waals surface area contributed by atoms with Crippen LogP contribution in [0.25, 0.3) is 0 Å². The van der Waals surface area contributed by atoms with Gasteiger partial charge in [0.05, 0.1) is 0 Å². The van der Waals surface area contributed by atoms with Crippen LogP contribution in [0.4, 0.5) is 0 Å². The topological polar surface area (TPSA) is 40.6 Å². The number of aldehydes is 1. The van der Waals surface area contributed by atoms with Gasteiger partial charge in [-0.3, -0.25) is 4.79 Å². The molecule has 1 heterocycles. The Hall–Kier alpha value is -0.900. The van der Waals surface area contributed by atoms with Crippen LogP contribution in [-0.4, -0.2) is 54.7 Å². The van der Waals surface area contributed by atoms with Crippen molar-refractivity contribution in [2.24, 2.45) is 0 Å². The number of amides is 1. The number of hydrogen-bond donors (Lipinski definition) is 0. The predicted octanol–water partition coefficient (Wildman–Crippen LogP) is 0.130. The minimum Gasteiger partial charge on any atom is -0.342 e. The van der Waals surface area contributed by atoms with Crippen molar-refractivity contribution in [3.8, 4) is 0 Å². The second-order valence-electron chi connectivity index (χ2n) is 3.66. The van der Waals surface area contributed by atoms with Gasteiger partial charge in [-0.2, -0.15) is 0 Å². The Balaban J connectivity index is 2.32. The second-order valence-corrected chi connectivity index (χ2v) is 3.66. The van der Waals surface area contributed by atoms with Crippen LogP contribution < -0.4 is 0 Å². The van der Waals surface area contributed by atoms with E-state index in [0.717, 1.165) is 45.4 Å². The van der Waals surface area contributed by atoms with E-state index >= 15 is 0 Å². The highest BCUT2D eigenvalue weighted by Gasteiger charge is 2.15. The Morgan fingerprint density at radius 3 is 2.71 bits per heavy atom. The van der Waals surface area contributed by atoms with Crippen LogP contribution in [0.3, 0.4) is 0 Å². The van der Waals surface area contributed by atoms with E-state index in [1.54, 1.807) is 6.92 Å². The highest BCUT2D eigenvalue weighted by molar-refractivity contribution is 5.73. The molecule has 0 aromatic rings. The smallest absolute Gasteiger partial charge is 0.219 e. The van der Waals surface area contributed by atoms with Gasteiger partial charge in [0, 0.05) is 39.5 Å². The van der Waals surface area contributed by atoms with Crippen LogP contribution in [0.15, 0.2) is 0 Å². The molecule has 1 aliphatic rings. The zero-order chi connectivity index (χ0) is 10.4.